The van der Waals surface area contributed by atoms with Crippen LogP contribution in [0.15, 0.2) is 54.6 Å². The summed E-state index contributed by atoms with van der Waals surface area (Å²) in [6, 6.07) is 17.3. The average Bonchev–Trinajstić information content (AvgIpc) is 3.06. The molecule has 0 spiro atoms. The van der Waals surface area contributed by atoms with Crippen LogP contribution in [-0.2, 0) is 9.59 Å². The first-order chi connectivity index (χ1) is 12.6. The lowest BCUT2D eigenvalue weighted by Crippen LogP contribution is -2.28. The second-order valence-corrected chi connectivity index (χ2v) is 6.45. The van der Waals surface area contributed by atoms with Gasteiger partial charge >= 0.3 is 0 Å². The standard InChI is InChI=1S/C21H25N3O2/c1-3-23(4-2)18-10-12-19(13-11-18)24-15-16(14-20(24)25)21(26)22-17-8-6-5-7-9-17/h5-13,16H,3-4,14-15H2,1-2H3,(H,22,26). The molecule has 0 aliphatic carbocycles. The number of nitrogens with zero attached hydrogens (tertiary/aromatic N) is 2. The first-order valence-corrected chi connectivity index (χ1v) is 9.13. The molecule has 0 radical (unpaired) electrons. The summed E-state index contributed by atoms with van der Waals surface area (Å²) in [7, 11) is 0. The van der Waals surface area contributed by atoms with Gasteiger partial charge in [-0.25, -0.2) is 0 Å². The van der Waals surface area contributed by atoms with E-state index in [2.05, 4.69) is 24.1 Å². The van der Waals surface area contributed by atoms with E-state index in [0.717, 1.165) is 30.2 Å². The van der Waals surface area contributed by atoms with Crippen LogP contribution >= 0.6 is 0 Å². The third-order valence-corrected chi connectivity index (χ3v) is 4.83. The van der Waals surface area contributed by atoms with Gasteiger partial charge in [0, 0.05) is 43.1 Å². The number of hydrogen-bond acceptors (Lipinski definition) is 3. The molecule has 2 aromatic carbocycles. The van der Waals surface area contributed by atoms with Crippen LogP contribution in [0.4, 0.5) is 17.1 Å². The van der Waals surface area contributed by atoms with Crippen LogP contribution in [0.5, 0.6) is 0 Å². The molecule has 1 fully saturated rings. The molecule has 5 heteroatoms. The highest BCUT2D eigenvalue weighted by Gasteiger charge is 2.35. The fourth-order valence-corrected chi connectivity index (χ4v) is 3.33. The van der Waals surface area contributed by atoms with Gasteiger partial charge in [-0.05, 0) is 50.2 Å². The van der Waals surface area contributed by atoms with Crippen LogP contribution < -0.4 is 15.1 Å². The van der Waals surface area contributed by atoms with E-state index in [0.29, 0.717) is 6.54 Å². The van der Waals surface area contributed by atoms with Crippen molar-refractivity contribution in [1.82, 2.24) is 0 Å². The van der Waals surface area contributed by atoms with Gasteiger partial charge in [0.25, 0.3) is 0 Å². The predicted molar refractivity (Wildman–Crippen MR) is 106 cm³/mol. The van der Waals surface area contributed by atoms with Crippen molar-refractivity contribution in [2.45, 2.75) is 20.3 Å². The topological polar surface area (TPSA) is 52.6 Å². The van der Waals surface area contributed by atoms with Gasteiger partial charge in [0.2, 0.25) is 11.8 Å². The quantitative estimate of drug-likeness (QED) is 0.866. The van der Waals surface area contributed by atoms with Gasteiger partial charge in [-0.15, -0.1) is 0 Å². The number of rotatable bonds is 6. The van der Waals surface area contributed by atoms with Crippen molar-refractivity contribution in [2.75, 3.05) is 34.8 Å². The molecule has 1 saturated heterocycles. The van der Waals surface area contributed by atoms with Crippen molar-refractivity contribution < 1.29 is 9.59 Å². The molecule has 2 aromatic rings. The van der Waals surface area contributed by atoms with Crippen LogP contribution in [0.2, 0.25) is 0 Å². The van der Waals surface area contributed by atoms with E-state index in [1.165, 1.54) is 0 Å². The molecule has 1 heterocycles. The van der Waals surface area contributed by atoms with Crippen LogP contribution in [0.1, 0.15) is 20.3 Å². The Bertz CT molecular complexity index is 755. The zero-order valence-electron chi connectivity index (χ0n) is 15.3. The molecular weight excluding hydrogens is 326 g/mol. The smallest absolute Gasteiger partial charge is 0.229 e. The highest BCUT2D eigenvalue weighted by Crippen LogP contribution is 2.28. The molecule has 1 atom stereocenters. The molecule has 1 unspecified atom stereocenters. The Morgan fingerprint density at radius 2 is 1.73 bits per heavy atom. The molecule has 2 amide bonds. The maximum atomic E-state index is 12.5. The number of hydrogen-bond donors (Lipinski definition) is 1. The van der Waals surface area contributed by atoms with Crippen molar-refractivity contribution in [3.63, 3.8) is 0 Å². The second-order valence-electron chi connectivity index (χ2n) is 6.45. The highest BCUT2D eigenvalue weighted by molar-refractivity contribution is 6.03. The van der Waals surface area contributed by atoms with E-state index in [-0.39, 0.29) is 24.2 Å². The molecule has 136 valence electrons. The lowest BCUT2D eigenvalue weighted by molar-refractivity contribution is -0.122. The molecule has 1 aliphatic rings. The zero-order valence-corrected chi connectivity index (χ0v) is 15.3. The fourth-order valence-electron chi connectivity index (χ4n) is 3.33. The summed E-state index contributed by atoms with van der Waals surface area (Å²) in [5.74, 6) is -0.439. The minimum atomic E-state index is -0.329. The number of carbonyl (C=O) groups is 2. The van der Waals surface area contributed by atoms with Crippen LogP contribution in [0, 0.1) is 5.92 Å². The largest absolute Gasteiger partial charge is 0.372 e. The number of nitrogens with one attached hydrogen (secondary N) is 1. The Kier molecular flexibility index (Phi) is 5.56. The molecule has 1 aliphatic heterocycles. The van der Waals surface area contributed by atoms with E-state index in [4.69, 9.17) is 0 Å². The average molecular weight is 351 g/mol. The summed E-state index contributed by atoms with van der Waals surface area (Å²) in [4.78, 5) is 28.8. The maximum absolute atomic E-state index is 12.5. The first-order valence-electron chi connectivity index (χ1n) is 9.13. The van der Waals surface area contributed by atoms with Gasteiger partial charge in [-0.1, -0.05) is 18.2 Å². The lowest BCUT2D eigenvalue weighted by Gasteiger charge is -2.22. The molecule has 3 rings (SSSR count). The highest BCUT2D eigenvalue weighted by atomic mass is 16.2. The number of benzene rings is 2. The van der Waals surface area contributed by atoms with Gasteiger partial charge in [0.15, 0.2) is 0 Å². The third-order valence-electron chi connectivity index (χ3n) is 4.83. The summed E-state index contributed by atoms with van der Waals surface area (Å²) < 4.78 is 0. The van der Waals surface area contributed by atoms with E-state index in [1.807, 2.05) is 54.6 Å². The Morgan fingerprint density at radius 1 is 1.08 bits per heavy atom. The predicted octanol–water partition coefficient (Wildman–Crippen LogP) is 3.52. The Labute approximate surface area is 154 Å². The summed E-state index contributed by atoms with van der Waals surface area (Å²) in [6.45, 7) is 6.55. The Hall–Kier alpha value is -2.82. The monoisotopic (exact) mass is 351 g/mol. The normalized spacial score (nSPS) is 16.6. The molecule has 26 heavy (non-hydrogen) atoms. The minimum absolute atomic E-state index is 0.00574. The number of carbonyl (C=O) groups excluding carboxylic acids is 2. The summed E-state index contributed by atoms with van der Waals surface area (Å²) in [6.07, 6.45) is 0.246. The van der Waals surface area contributed by atoms with Crippen molar-refractivity contribution >= 4 is 28.9 Å². The van der Waals surface area contributed by atoms with Crippen LogP contribution in [-0.4, -0.2) is 31.4 Å². The number of amides is 2. The fraction of sp³-hybridized carbons (Fsp3) is 0.333. The van der Waals surface area contributed by atoms with Gasteiger partial charge in [-0.3, -0.25) is 9.59 Å². The summed E-state index contributed by atoms with van der Waals surface area (Å²) >= 11 is 0. The number of para-hydroxylation sites is 1. The van der Waals surface area contributed by atoms with E-state index < -0.39 is 0 Å². The van der Waals surface area contributed by atoms with Gasteiger partial charge in [0.05, 0.1) is 5.92 Å². The Morgan fingerprint density at radius 3 is 2.35 bits per heavy atom. The molecule has 0 bridgehead atoms. The lowest BCUT2D eigenvalue weighted by atomic mass is 10.1. The van der Waals surface area contributed by atoms with E-state index in [9.17, 15) is 9.59 Å². The van der Waals surface area contributed by atoms with Crippen LogP contribution in [0.3, 0.4) is 0 Å². The Balaban J connectivity index is 1.67. The summed E-state index contributed by atoms with van der Waals surface area (Å²) in [5.41, 5.74) is 2.75. The molecule has 1 N–H and O–H groups in total. The van der Waals surface area contributed by atoms with Gasteiger partial charge in [-0.2, -0.15) is 0 Å². The van der Waals surface area contributed by atoms with Crippen molar-refractivity contribution in [1.29, 1.82) is 0 Å². The molecule has 5 nitrogen and oxygen atoms in total. The molecule has 0 aromatic heterocycles. The van der Waals surface area contributed by atoms with Crippen molar-refractivity contribution in [3.8, 4) is 0 Å². The minimum Gasteiger partial charge on any atom is -0.372 e. The second kappa shape index (κ2) is 8.04. The number of anilines is 3. The van der Waals surface area contributed by atoms with Gasteiger partial charge < -0.3 is 15.1 Å². The SMILES string of the molecule is CCN(CC)c1ccc(N2CC(C(=O)Nc3ccccc3)CC2=O)cc1. The van der Waals surface area contributed by atoms with Crippen molar-refractivity contribution in [2.24, 2.45) is 5.92 Å². The van der Waals surface area contributed by atoms with Gasteiger partial charge in [0.1, 0.15) is 0 Å². The summed E-state index contributed by atoms with van der Waals surface area (Å²) in [5, 5.41) is 2.89. The molecular formula is C21H25N3O2. The first kappa shape index (κ1) is 18.0. The maximum Gasteiger partial charge on any atom is 0.229 e. The van der Waals surface area contributed by atoms with Crippen LogP contribution in [0.25, 0.3) is 0 Å². The third kappa shape index (κ3) is 3.87. The van der Waals surface area contributed by atoms with E-state index in [1.54, 1.807) is 4.90 Å². The van der Waals surface area contributed by atoms with E-state index >= 15 is 0 Å². The molecule has 0 saturated carbocycles. The van der Waals surface area contributed by atoms with Crippen molar-refractivity contribution in [3.05, 3.63) is 54.6 Å². The zero-order chi connectivity index (χ0) is 18.5.